The minimum Gasteiger partial charge on any atom is -0.504 e. The molecule has 1 aliphatic rings. The van der Waals surface area contributed by atoms with Crippen LogP contribution in [0.5, 0.6) is 11.5 Å². The van der Waals surface area contributed by atoms with Crippen LogP contribution >= 0.6 is 0 Å². The van der Waals surface area contributed by atoms with E-state index in [0.717, 1.165) is 24.2 Å². The topological polar surface area (TPSA) is 53.0 Å². The highest BCUT2D eigenvalue weighted by Crippen LogP contribution is 2.36. The molecule has 0 aliphatic carbocycles. The van der Waals surface area contributed by atoms with Crippen LogP contribution in [-0.2, 0) is 6.54 Å². The highest BCUT2D eigenvalue weighted by Gasteiger charge is 2.36. The second kappa shape index (κ2) is 11.1. The summed E-state index contributed by atoms with van der Waals surface area (Å²) in [5.74, 6) is -0.0588. The Morgan fingerprint density at radius 3 is 2.28 bits per heavy atom. The molecule has 3 aromatic rings. The number of nitrogens with zero attached hydrogens (tertiary/aromatic N) is 2. The number of benzene rings is 3. The molecular formula is C29H32F2N2O3. The van der Waals surface area contributed by atoms with Gasteiger partial charge in [0.2, 0.25) is 0 Å². The summed E-state index contributed by atoms with van der Waals surface area (Å²) in [6, 6.07) is 17.5. The molecule has 4 rings (SSSR count). The van der Waals surface area contributed by atoms with Crippen LogP contribution in [0.1, 0.15) is 41.3 Å². The van der Waals surface area contributed by atoms with Crippen LogP contribution < -0.4 is 4.74 Å². The maximum atomic E-state index is 13.7. The summed E-state index contributed by atoms with van der Waals surface area (Å²) in [6.45, 7) is 6.61. The molecule has 1 aliphatic heterocycles. The minimum absolute atomic E-state index is 0.0492. The largest absolute Gasteiger partial charge is 0.504 e. The van der Waals surface area contributed by atoms with Gasteiger partial charge in [0.05, 0.1) is 7.11 Å². The Morgan fingerprint density at radius 1 is 1.03 bits per heavy atom. The molecule has 0 saturated carbocycles. The zero-order valence-corrected chi connectivity index (χ0v) is 20.8. The molecule has 0 aromatic heterocycles. The number of carbonyl (C=O) groups is 1. The number of methoxy groups -OCH3 is 1. The molecule has 190 valence electrons. The number of phenols is 1. The Bertz CT molecular complexity index is 1180. The molecule has 7 heteroatoms. The Morgan fingerprint density at radius 2 is 1.67 bits per heavy atom. The first-order valence-corrected chi connectivity index (χ1v) is 12.2. The van der Waals surface area contributed by atoms with Crippen LogP contribution in [0.4, 0.5) is 8.78 Å². The molecule has 2 unspecified atom stereocenters. The van der Waals surface area contributed by atoms with Gasteiger partial charge in [0.15, 0.2) is 11.5 Å². The standard InChI is InChI=1S/C29H32F2N2O3/c1-19(2)33(29(35)22-7-11-25(31)12-8-22)17-23-16-32(15-20-4-13-27(34)28(14-20)36-3)18-26(23)21-5-9-24(30)10-6-21/h4-14,19,23,26,34H,15-18H2,1-3H3. The molecule has 0 bridgehead atoms. The number of halogens is 2. The monoisotopic (exact) mass is 494 g/mol. The summed E-state index contributed by atoms with van der Waals surface area (Å²) in [5.41, 5.74) is 2.49. The number of ether oxygens (including phenoxy) is 1. The first-order valence-electron chi connectivity index (χ1n) is 12.2. The Balaban J connectivity index is 1.58. The predicted octanol–water partition coefficient (Wildman–Crippen LogP) is 5.45. The molecule has 1 fully saturated rings. The van der Waals surface area contributed by atoms with Gasteiger partial charge >= 0.3 is 0 Å². The van der Waals surface area contributed by atoms with Gasteiger partial charge in [-0.15, -0.1) is 0 Å². The highest BCUT2D eigenvalue weighted by molar-refractivity contribution is 5.94. The quantitative estimate of drug-likeness (QED) is 0.453. The average Bonchev–Trinajstić information content (AvgIpc) is 3.26. The van der Waals surface area contributed by atoms with Crippen molar-refractivity contribution in [2.75, 3.05) is 26.7 Å². The van der Waals surface area contributed by atoms with Crippen LogP contribution in [0.2, 0.25) is 0 Å². The predicted molar refractivity (Wildman–Crippen MR) is 135 cm³/mol. The van der Waals surface area contributed by atoms with Crippen molar-refractivity contribution in [3.05, 3.63) is 95.1 Å². The fourth-order valence-corrected chi connectivity index (χ4v) is 4.98. The van der Waals surface area contributed by atoms with Gasteiger partial charge in [-0.3, -0.25) is 9.69 Å². The number of aromatic hydroxyl groups is 1. The summed E-state index contributed by atoms with van der Waals surface area (Å²) in [5, 5.41) is 9.94. The number of rotatable bonds is 8. The van der Waals surface area contributed by atoms with Gasteiger partial charge < -0.3 is 14.7 Å². The van der Waals surface area contributed by atoms with Crippen LogP contribution in [-0.4, -0.2) is 53.6 Å². The van der Waals surface area contributed by atoms with Gasteiger partial charge in [-0.05, 0) is 79.4 Å². The number of amides is 1. The van der Waals surface area contributed by atoms with E-state index in [2.05, 4.69) is 4.90 Å². The van der Waals surface area contributed by atoms with E-state index in [4.69, 9.17) is 4.74 Å². The molecule has 1 saturated heterocycles. The fourth-order valence-electron chi connectivity index (χ4n) is 4.98. The third kappa shape index (κ3) is 5.85. The molecule has 2 atom stereocenters. The maximum absolute atomic E-state index is 13.7. The summed E-state index contributed by atoms with van der Waals surface area (Å²) in [4.78, 5) is 17.5. The number of carbonyl (C=O) groups excluding carboxylic acids is 1. The molecule has 3 aromatic carbocycles. The lowest BCUT2D eigenvalue weighted by Gasteiger charge is -2.32. The summed E-state index contributed by atoms with van der Waals surface area (Å²) in [6.07, 6.45) is 0. The second-order valence-corrected chi connectivity index (χ2v) is 9.68. The number of phenolic OH excluding ortho intramolecular Hbond substituents is 1. The van der Waals surface area contributed by atoms with Crippen molar-refractivity contribution < 1.29 is 23.4 Å². The first kappa shape index (κ1) is 25.6. The molecule has 1 heterocycles. The summed E-state index contributed by atoms with van der Waals surface area (Å²) in [7, 11) is 1.52. The lowest BCUT2D eigenvalue weighted by atomic mass is 9.88. The summed E-state index contributed by atoms with van der Waals surface area (Å²) < 4.78 is 32.3. The molecule has 5 nitrogen and oxygen atoms in total. The molecule has 36 heavy (non-hydrogen) atoms. The van der Waals surface area contributed by atoms with E-state index in [9.17, 15) is 18.7 Å². The average molecular weight is 495 g/mol. The van der Waals surface area contributed by atoms with Crippen LogP contribution in [0, 0.1) is 17.6 Å². The smallest absolute Gasteiger partial charge is 0.254 e. The van der Waals surface area contributed by atoms with Gasteiger partial charge in [0.1, 0.15) is 11.6 Å². The van der Waals surface area contributed by atoms with E-state index in [1.807, 2.05) is 43.0 Å². The van der Waals surface area contributed by atoms with Gasteiger partial charge in [0.25, 0.3) is 5.91 Å². The third-order valence-electron chi connectivity index (χ3n) is 6.87. The Kier molecular flexibility index (Phi) is 7.89. The zero-order chi connectivity index (χ0) is 25.8. The number of likely N-dealkylation sites (tertiary alicyclic amines) is 1. The molecule has 1 N–H and O–H groups in total. The van der Waals surface area contributed by atoms with E-state index in [0.29, 0.717) is 24.4 Å². The lowest BCUT2D eigenvalue weighted by molar-refractivity contribution is 0.0668. The fraction of sp³-hybridized carbons (Fsp3) is 0.345. The molecule has 1 amide bonds. The van der Waals surface area contributed by atoms with E-state index >= 15 is 0 Å². The second-order valence-electron chi connectivity index (χ2n) is 9.68. The van der Waals surface area contributed by atoms with Crippen molar-refractivity contribution in [3.8, 4) is 11.5 Å². The first-order chi connectivity index (χ1) is 17.2. The number of hydrogen-bond donors (Lipinski definition) is 1. The van der Waals surface area contributed by atoms with Gasteiger partial charge in [-0.1, -0.05) is 18.2 Å². The Labute approximate surface area is 210 Å². The summed E-state index contributed by atoms with van der Waals surface area (Å²) >= 11 is 0. The van der Waals surface area contributed by atoms with Crippen LogP contribution in [0.3, 0.4) is 0 Å². The zero-order valence-electron chi connectivity index (χ0n) is 20.8. The van der Waals surface area contributed by atoms with E-state index < -0.39 is 0 Å². The van der Waals surface area contributed by atoms with Gasteiger partial charge in [-0.25, -0.2) is 8.78 Å². The van der Waals surface area contributed by atoms with Gasteiger partial charge in [-0.2, -0.15) is 0 Å². The SMILES string of the molecule is COc1cc(CN2CC(CN(C(=O)c3ccc(F)cc3)C(C)C)C(c3ccc(F)cc3)C2)ccc1O. The Hall–Kier alpha value is -3.45. The van der Waals surface area contributed by atoms with Crippen molar-refractivity contribution in [2.24, 2.45) is 5.92 Å². The van der Waals surface area contributed by atoms with E-state index in [1.165, 1.54) is 43.5 Å². The van der Waals surface area contributed by atoms with Crippen molar-refractivity contribution in [3.63, 3.8) is 0 Å². The van der Waals surface area contributed by atoms with E-state index in [1.54, 1.807) is 6.07 Å². The van der Waals surface area contributed by atoms with Crippen molar-refractivity contribution in [2.45, 2.75) is 32.4 Å². The van der Waals surface area contributed by atoms with Gasteiger partial charge in [0, 0.05) is 43.7 Å². The lowest BCUT2D eigenvalue weighted by Crippen LogP contribution is -2.42. The van der Waals surface area contributed by atoms with Crippen molar-refractivity contribution in [1.29, 1.82) is 0 Å². The molecular weight excluding hydrogens is 462 g/mol. The van der Waals surface area contributed by atoms with Crippen molar-refractivity contribution >= 4 is 5.91 Å². The minimum atomic E-state index is -0.378. The van der Waals surface area contributed by atoms with Crippen LogP contribution in [0.15, 0.2) is 66.7 Å². The van der Waals surface area contributed by atoms with Crippen molar-refractivity contribution in [1.82, 2.24) is 9.80 Å². The highest BCUT2D eigenvalue weighted by atomic mass is 19.1. The number of hydrogen-bond acceptors (Lipinski definition) is 4. The van der Waals surface area contributed by atoms with E-state index in [-0.39, 0.29) is 41.2 Å². The van der Waals surface area contributed by atoms with Crippen LogP contribution in [0.25, 0.3) is 0 Å². The maximum Gasteiger partial charge on any atom is 0.254 e. The molecule has 0 spiro atoms. The normalized spacial score (nSPS) is 17.9. The third-order valence-corrected chi connectivity index (χ3v) is 6.87. The molecule has 0 radical (unpaired) electrons.